The van der Waals surface area contributed by atoms with Crippen LogP contribution in [0.15, 0.2) is 16.9 Å². The van der Waals surface area contributed by atoms with E-state index in [1.165, 1.54) is 6.42 Å². The second kappa shape index (κ2) is 2.56. The summed E-state index contributed by atoms with van der Waals surface area (Å²) in [5.74, 6) is 0. The molecule has 0 aromatic heterocycles. The molecule has 26 valence electrons. The average molecular weight is 151 g/mol. The molecule has 0 amide bonds. The molecule has 0 aromatic rings. The van der Waals surface area contributed by atoms with E-state index in [1.807, 2.05) is 0 Å². The van der Waals surface area contributed by atoms with Gasteiger partial charge in [0, 0.05) is 0 Å². The number of hydrogen-bond donors (Lipinski definition) is 0. The van der Waals surface area contributed by atoms with Crippen LogP contribution in [0.2, 0.25) is 0 Å². The van der Waals surface area contributed by atoms with Crippen LogP contribution in [-0.4, -0.2) is 55.5 Å². The maximum atomic E-state index is 2.23. The molecule has 0 aliphatic heterocycles. The second-order valence-electron chi connectivity index (χ2n) is 1.65. The van der Waals surface area contributed by atoms with Gasteiger partial charge in [-0.25, -0.2) is 0 Å². The fourth-order valence-electron chi connectivity index (χ4n) is 0.554. The number of hydrogen-bond acceptors (Lipinski definition) is 0. The van der Waals surface area contributed by atoms with E-state index in [9.17, 15) is 0 Å². The second-order valence-corrected chi connectivity index (χ2v) is 4.80. The zero-order chi connectivity index (χ0) is 4.41. The molecule has 0 unspecified atom stereocenters. The van der Waals surface area contributed by atoms with Crippen molar-refractivity contribution >= 4 is 55.5 Å². The first-order chi connectivity index (χ1) is 2.89. The Morgan fingerprint density at radius 3 is 2.67 bits per heavy atom. The molecule has 0 fully saturated rings. The van der Waals surface area contributed by atoms with Crippen molar-refractivity contribution in [3.63, 3.8) is 0 Å². The van der Waals surface area contributed by atoms with E-state index >= 15 is 0 Å². The monoisotopic (exact) mass is 150 g/mol. The molecule has 1 aliphatic rings. The normalized spacial score (nSPS) is 18.7. The third-order valence-electron chi connectivity index (χ3n) is 0.957. The van der Waals surface area contributed by atoms with Crippen LogP contribution in [0.1, 0.15) is 6.42 Å². The summed E-state index contributed by atoms with van der Waals surface area (Å²) in [5.41, 5.74) is 0. The molecular weight excluding hydrogens is 146 g/mol. The molecular formula is C5H5Rb. The molecule has 0 radical (unpaired) electrons. The van der Waals surface area contributed by atoms with Crippen LogP contribution in [0.3, 0.4) is 0 Å². The third kappa shape index (κ3) is 1.41. The molecule has 0 saturated heterocycles. The molecule has 0 bridgehead atoms. The predicted molar refractivity (Wildman–Crippen MR) is 27.6 cm³/mol. The van der Waals surface area contributed by atoms with Crippen molar-refractivity contribution in [2.45, 2.75) is 6.42 Å². The maximum absolute atomic E-state index is 2.23. The van der Waals surface area contributed by atoms with Gasteiger partial charge in [0.05, 0.1) is 0 Å². The van der Waals surface area contributed by atoms with Crippen LogP contribution in [0.5, 0.6) is 0 Å². The molecule has 1 heteroatoms. The predicted octanol–water partition coefficient (Wildman–Crippen LogP) is 0.999. The Hall–Kier alpha value is 1.29. The topological polar surface area (TPSA) is 0 Å². The van der Waals surface area contributed by atoms with Gasteiger partial charge in [-0.15, -0.1) is 0 Å². The fourth-order valence-corrected chi connectivity index (χ4v) is 1.61. The number of allylic oxidation sites excluding steroid dienone is 4. The minimum atomic E-state index is 0.797. The van der Waals surface area contributed by atoms with Gasteiger partial charge in [0.15, 0.2) is 0 Å². The van der Waals surface area contributed by atoms with Crippen LogP contribution in [-0.2, 0) is 0 Å². The number of rotatable bonds is 0. The Morgan fingerprint density at radius 1 is 1.67 bits per heavy atom. The van der Waals surface area contributed by atoms with Crippen molar-refractivity contribution in [3.8, 4) is 0 Å². The Bertz CT molecular complexity index is 101. The quantitative estimate of drug-likeness (QED) is 0.483. The van der Waals surface area contributed by atoms with E-state index in [1.54, 1.807) is -1.36 Å². The molecule has 6 heavy (non-hydrogen) atoms. The van der Waals surface area contributed by atoms with E-state index in [2.05, 4.69) is 18.2 Å². The van der Waals surface area contributed by atoms with Gasteiger partial charge in [-0.3, -0.25) is 0 Å². The van der Waals surface area contributed by atoms with Crippen molar-refractivity contribution in [1.29, 1.82) is 0 Å². The summed E-state index contributed by atoms with van der Waals surface area (Å²) in [6.45, 7) is 0. The Labute approximate surface area is 77.0 Å². The van der Waals surface area contributed by atoms with Gasteiger partial charge < -0.3 is 0 Å². The fraction of sp³-hybridized carbons (Fsp3) is 0.200. The Kier molecular flexibility index (Phi) is 2.31. The Morgan fingerprint density at radius 2 is 2.50 bits per heavy atom. The molecule has 0 spiro atoms. The van der Waals surface area contributed by atoms with Crippen LogP contribution in [0.4, 0.5) is 0 Å². The van der Waals surface area contributed by atoms with E-state index < -0.39 is 0 Å². The summed E-state index contributed by atoms with van der Waals surface area (Å²) in [6, 6.07) is 0. The van der Waals surface area contributed by atoms with Gasteiger partial charge in [0.1, 0.15) is 0 Å². The molecule has 0 N–H and O–H groups in total. The van der Waals surface area contributed by atoms with Gasteiger partial charge in [-0.05, 0) is 0 Å². The van der Waals surface area contributed by atoms with Crippen LogP contribution in [0, 0.1) is 0 Å². The SMILES string of the molecule is [Rb][C]1=CC=CC1. The van der Waals surface area contributed by atoms with Gasteiger partial charge in [0.25, 0.3) is 0 Å². The minimum absolute atomic E-state index is 0.797. The van der Waals surface area contributed by atoms with Crippen molar-refractivity contribution in [1.82, 2.24) is 0 Å². The van der Waals surface area contributed by atoms with E-state index in [0.29, 0.717) is 0 Å². The zero-order valence-corrected chi connectivity index (χ0v) is 8.86. The van der Waals surface area contributed by atoms with Crippen LogP contribution in [0.25, 0.3) is 0 Å². The van der Waals surface area contributed by atoms with Gasteiger partial charge in [-0.1, -0.05) is 0 Å². The van der Waals surface area contributed by atoms with Crippen molar-refractivity contribution in [2.24, 2.45) is 0 Å². The van der Waals surface area contributed by atoms with E-state index in [-0.39, 0.29) is 0 Å². The molecule has 0 aromatic carbocycles. The first kappa shape index (κ1) is 5.42. The van der Waals surface area contributed by atoms with E-state index in [4.69, 9.17) is 0 Å². The summed E-state index contributed by atoms with van der Waals surface area (Å²) in [6.07, 6.45) is 7.85. The summed E-state index contributed by atoms with van der Waals surface area (Å²) in [7, 11) is 0. The average Bonchev–Trinajstić information content (AvgIpc) is 1.86. The molecule has 1 rings (SSSR count). The summed E-state index contributed by atoms with van der Waals surface area (Å²) < 4.78 is 1.68. The van der Waals surface area contributed by atoms with Crippen LogP contribution >= 0.6 is 0 Å². The van der Waals surface area contributed by atoms with Gasteiger partial charge in [0.2, 0.25) is 0 Å². The first-order valence-electron chi connectivity index (χ1n) is 2.22. The third-order valence-corrected chi connectivity index (χ3v) is 2.78. The van der Waals surface area contributed by atoms with Crippen molar-refractivity contribution < 1.29 is 0 Å². The van der Waals surface area contributed by atoms with Gasteiger partial charge >= 0.3 is 78.8 Å². The molecule has 1 aliphatic carbocycles. The van der Waals surface area contributed by atoms with Crippen LogP contribution < -0.4 is 0 Å². The molecule has 0 saturated carbocycles. The van der Waals surface area contributed by atoms with Crippen molar-refractivity contribution in [2.75, 3.05) is 0 Å². The Balaban J connectivity index is 2.61. The summed E-state index contributed by atoms with van der Waals surface area (Å²) in [4.78, 5) is 0. The van der Waals surface area contributed by atoms with Crippen molar-refractivity contribution in [3.05, 3.63) is 16.9 Å². The first-order valence-corrected chi connectivity index (χ1v) is 4.68. The summed E-state index contributed by atoms with van der Waals surface area (Å²) >= 11 is 0.797. The van der Waals surface area contributed by atoms with E-state index in [0.717, 1.165) is 55.5 Å². The standard InChI is InChI=1S/C5H5.Rb/c1-2-4-5-3-1;/h1-3H,4H2;. The molecule has 0 atom stereocenters. The van der Waals surface area contributed by atoms with Gasteiger partial charge in [-0.2, -0.15) is 0 Å². The zero-order valence-electron chi connectivity index (χ0n) is 3.94. The summed E-state index contributed by atoms with van der Waals surface area (Å²) in [5, 5.41) is 0. The molecule has 0 nitrogen and oxygen atoms in total. The molecule has 0 heterocycles.